The van der Waals surface area contributed by atoms with Crippen LogP contribution in [0.1, 0.15) is 37.8 Å². The number of hydrogen-bond donors (Lipinski definition) is 0. The van der Waals surface area contributed by atoms with E-state index in [1.54, 1.807) is 19.5 Å². The van der Waals surface area contributed by atoms with Crippen LogP contribution < -0.4 is 4.74 Å². The molecular formula is C25H35N3O2. The number of amides is 1. The molecule has 1 aromatic heterocycles. The van der Waals surface area contributed by atoms with Crippen molar-refractivity contribution in [3.63, 3.8) is 0 Å². The number of para-hydroxylation sites is 1. The van der Waals surface area contributed by atoms with Gasteiger partial charge in [0.15, 0.2) is 0 Å². The molecule has 0 unspecified atom stereocenters. The normalized spacial score (nSPS) is 15.3. The van der Waals surface area contributed by atoms with Crippen LogP contribution in [0.4, 0.5) is 0 Å². The van der Waals surface area contributed by atoms with Gasteiger partial charge in [0.2, 0.25) is 5.91 Å². The van der Waals surface area contributed by atoms with Crippen LogP contribution in [0, 0.1) is 11.8 Å². The number of pyridine rings is 1. The minimum absolute atomic E-state index is 0.216. The molecule has 5 nitrogen and oxygen atoms in total. The number of carbonyl (C=O) groups excluding carboxylic acids is 1. The molecule has 0 atom stereocenters. The Morgan fingerprint density at radius 2 is 1.97 bits per heavy atom. The van der Waals surface area contributed by atoms with Crippen molar-refractivity contribution >= 4 is 5.91 Å². The highest BCUT2D eigenvalue weighted by atomic mass is 16.5. The van der Waals surface area contributed by atoms with Gasteiger partial charge in [0, 0.05) is 37.6 Å². The first-order chi connectivity index (χ1) is 14.5. The maximum atomic E-state index is 13.0. The van der Waals surface area contributed by atoms with Crippen molar-refractivity contribution < 1.29 is 9.53 Å². The number of hydrogen-bond acceptors (Lipinski definition) is 4. The van der Waals surface area contributed by atoms with Gasteiger partial charge in [0.25, 0.3) is 0 Å². The van der Waals surface area contributed by atoms with Gasteiger partial charge in [-0.1, -0.05) is 38.1 Å². The number of rotatable bonds is 9. The molecule has 30 heavy (non-hydrogen) atoms. The second-order valence-corrected chi connectivity index (χ2v) is 8.76. The van der Waals surface area contributed by atoms with E-state index in [9.17, 15) is 4.79 Å². The van der Waals surface area contributed by atoms with Gasteiger partial charge < -0.3 is 9.64 Å². The van der Waals surface area contributed by atoms with Gasteiger partial charge >= 0.3 is 0 Å². The first-order valence-corrected chi connectivity index (χ1v) is 11.1. The monoisotopic (exact) mass is 409 g/mol. The molecule has 2 aromatic rings. The van der Waals surface area contributed by atoms with E-state index < -0.39 is 0 Å². The summed E-state index contributed by atoms with van der Waals surface area (Å²) >= 11 is 0. The van der Waals surface area contributed by atoms with Crippen molar-refractivity contribution in [2.75, 3.05) is 33.3 Å². The molecule has 1 saturated heterocycles. The number of methoxy groups -OCH3 is 1. The maximum Gasteiger partial charge on any atom is 0.227 e. The number of ether oxygens (including phenoxy) is 1. The molecule has 2 heterocycles. The topological polar surface area (TPSA) is 45.7 Å². The molecular weight excluding hydrogens is 374 g/mol. The van der Waals surface area contributed by atoms with E-state index in [-0.39, 0.29) is 5.91 Å². The predicted octanol–water partition coefficient (Wildman–Crippen LogP) is 4.03. The average molecular weight is 410 g/mol. The third-order valence-electron chi connectivity index (χ3n) is 5.79. The fourth-order valence-electron chi connectivity index (χ4n) is 4.22. The molecule has 1 amide bonds. The predicted molar refractivity (Wildman–Crippen MR) is 120 cm³/mol. The highest BCUT2D eigenvalue weighted by Crippen LogP contribution is 2.24. The molecule has 0 aliphatic carbocycles. The van der Waals surface area contributed by atoms with Gasteiger partial charge in [0.05, 0.1) is 13.5 Å². The van der Waals surface area contributed by atoms with Crippen molar-refractivity contribution in [3.8, 4) is 5.75 Å². The number of carbonyl (C=O) groups is 1. The van der Waals surface area contributed by atoms with Crippen molar-refractivity contribution in [3.05, 3.63) is 59.9 Å². The van der Waals surface area contributed by atoms with Crippen molar-refractivity contribution in [1.82, 2.24) is 14.8 Å². The quantitative estimate of drug-likeness (QED) is 0.627. The lowest BCUT2D eigenvalue weighted by Gasteiger charge is -2.35. The standard InChI is InChI=1S/C25H35N3O2/c1-20(2)17-28(25(29)15-22-7-6-12-26-16-22)18-21-10-13-27(14-11-21)19-23-8-4-5-9-24(23)30-3/h4-9,12,16,20-21H,10-11,13-15,17-19H2,1-3H3. The number of likely N-dealkylation sites (tertiary alicyclic amines) is 1. The molecule has 0 saturated carbocycles. The van der Waals surface area contributed by atoms with E-state index in [1.165, 1.54) is 5.56 Å². The van der Waals surface area contributed by atoms with Crippen LogP contribution >= 0.6 is 0 Å². The molecule has 162 valence electrons. The van der Waals surface area contributed by atoms with Crippen molar-refractivity contribution in [1.29, 1.82) is 0 Å². The zero-order chi connectivity index (χ0) is 21.3. The molecule has 3 rings (SSSR count). The fourth-order valence-corrected chi connectivity index (χ4v) is 4.22. The van der Waals surface area contributed by atoms with Crippen LogP contribution in [-0.4, -0.2) is 54.0 Å². The lowest BCUT2D eigenvalue weighted by molar-refractivity contribution is -0.132. The highest BCUT2D eigenvalue weighted by Gasteiger charge is 2.24. The molecule has 1 aromatic carbocycles. The number of nitrogens with zero attached hydrogens (tertiary/aromatic N) is 3. The lowest BCUT2D eigenvalue weighted by Crippen LogP contribution is -2.42. The Morgan fingerprint density at radius 1 is 1.20 bits per heavy atom. The van der Waals surface area contributed by atoms with Gasteiger partial charge in [-0.15, -0.1) is 0 Å². The Labute approximate surface area is 181 Å². The largest absolute Gasteiger partial charge is 0.496 e. The van der Waals surface area contributed by atoms with Crippen molar-refractivity contribution in [2.45, 2.75) is 39.7 Å². The Kier molecular flexibility index (Phi) is 8.26. The summed E-state index contributed by atoms with van der Waals surface area (Å²) in [4.78, 5) is 21.7. The molecule has 1 fully saturated rings. The van der Waals surface area contributed by atoms with Crippen LogP contribution in [-0.2, 0) is 17.8 Å². The molecule has 0 spiro atoms. The zero-order valence-electron chi connectivity index (χ0n) is 18.6. The minimum Gasteiger partial charge on any atom is -0.496 e. The Bertz CT molecular complexity index is 786. The second-order valence-electron chi connectivity index (χ2n) is 8.76. The third kappa shape index (κ3) is 6.56. The summed E-state index contributed by atoms with van der Waals surface area (Å²) in [6.45, 7) is 9.09. The zero-order valence-corrected chi connectivity index (χ0v) is 18.6. The summed E-state index contributed by atoms with van der Waals surface area (Å²) in [5, 5.41) is 0. The lowest BCUT2D eigenvalue weighted by atomic mass is 9.95. The van der Waals surface area contributed by atoms with Crippen LogP contribution in [0.2, 0.25) is 0 Å². The molecule has 1 aliphatic heterocycles. The van der Waals surface area contributed by atoms with Gasteiger partial charge in [-0.2, -0.15) is 0 Å². The summed E-state index contributed by atoms with van der Waals surface area (Å²) in [7, 11) is 1.73. The smallest absolute Gasteiger partial charge is 0.227 e. The van der Waals surface area contributed by atoms with Crippen LogP contribution in [0.3, 0.4) is 0 Å². The molecule has 0 radical (unpaired) electrons. The Morgan fingerprint density at radius 3 is 2.63 bits per heavy atom. The van der Waals surface area contributed by atoms with Crippen molar-refractivity contribution in [2.24, 2.45) is 11.8 Å². The van der Waals surface area contributed by atoms with Gasteiger partial charge in [-0.05, 0) is 55.5 Å². The average Bonchev–Trinajstić information content (AvgIpc) is 2.75. The summed E-state index contributed by atoms with van der Waals surface area (Å²) in [6, 6.07) is 12.1. The van der Waals surface area contributed by atoms with Crippen LogP contribution in [0.5, 0.6) is 5.75 Å². The maximum absolute atomic E-state index is 13.0. The summed E-state index contributed by atoms with van der Waals surface area (Å²) in [5.74, 6) is 2.21. The van der Waals surface area contributed by atoms with E-state index in [1.807, 2.05) is 24.3 Å². The molecule has 0 N–H and O–H groups in total. The summed E-state index contributed by atoms with van der Waals surface area (Å²) in [5.41, 5.74) is 2.23. The van der Waals surface area contributed by atoms with E-state index in [0.717, 1.165) is 56.9 Å². The van der Waals surface area contributed by atoms with Crippen LogP contribution in [0.15, 0.2) is 48.8 Å². The number of aromatic nitrogens is 1. The molecule has 1 aliphatic rings. The van der Waals surface area contributed by atoms with E-state index in [4.69, 9.17) is 4.74 Å². The SMILES string of the molecule is COc1ccccc1CN1CCC(CN(CC(C)C)C(=O)Cc2cccnc2)CC1. The Hall–Kier alpha value is -2.40. The number of benzene rings is 1. The first kappa shape index (κ1) is 22.3. The minimum atomic E-state index is 0.216. The van der Waals surface area contributed by atoms with Gasteiger partial charge in [-0.25, -0.2) is 0 Å². The van der Waals surface area contributed by atoms with Gasteiger partial charge in [0.1, 0.15) is 5.75 Å². The summed E-state index contributed by atoms with van der Waals surface area (Å²) < 4.78 is 5.50. The third-order valence-corrected chi connectivity index (χ3v) is 5.79. The molecule has 0 bridgehead atoms. The summed E-state index contributed by atoms with van der Waals surface area (Å²) in [6.07, 6.45) is 6.24. The fraction of sp³-hybridized carbons (Fsp3) is 0.520. The van der Waals surface area contributed by atoms with E-state index in [2.05, 4.69) is 40.8 Å². The Balaban J connectivity index is 1.53. The highest BCUT2D eigenvalue weighted by molar-refractivity contribution is 5.78. The van der Waals surface area contributed by atoms with Gasteiger partial charge in [-0.3, -0.25) is 14.7 Å². The van der Waals surface area contributed by atoms with E-state index in [0.29, 0.717) is 18.3 Å². The second kappa shape index (κ2) is 11.1. The van der Waals surface area contributed by atoms with Crippen LogP contribution in [0.25, 0.3) is 0 Å². The van der Waals surface area contributed by atoms with E-state index >= 15 is 0 Å². The number of piperidine rings is 1. The first-order valence-electron chi connectivity index (χ1n) is 11.1. The molecule has 5 heteroatoms.